The van der Waals surface area contributed by atoms with E-state index in [4.69, 9.17) is 10.3 Å². The number of hydrogen-bond donors (Lipinski definition) is 1. The summed E-state index contributed by atoms with van der Waals surface area (Å²) in [5.41, 5.74) is 10.4. The van der Waals surface area contributed by atoms with Crippen LogP contribution >= 0.6 is 0 Å². The van der Waals surface area contributed by atoms with Crippen LogP contribution in [-0.2, 0) is 4.74 Å². The summed E-state index contributed by atoms with van der Waals surface area (Å²) < 4.78 is 21.2. The molecule has 7 heteroatoms. The highest BCUT2D eigenvalue weighted by atomic mass is 19.1. The molecule has 2 aromatic carbocycles. The zero-order valence-electron chi connectivity index (χ0n) is 12.7. The lowest BCUT2D eigenvalue weighted by Crippen LogP contribution is -2.43. The first kappa shape index (κ1) is 15.0. The van der Waals surface area contributed by atoms with Crippen molar-refractivity contribution in [2.45, 2.75) is 18.2 Å². The Bertz CT molecular complexity index is 964. The zero-order valence-corrected chi connectivity index (χ0v) is 12.7. The summed E-state index contributed by atoms with van der Waals surface area (Å²) in [7, 11) is 0. The molecule has 0 bridgehead atoms. The molecule has 1 N–H and O–H groups in total. The molecule has 1 saturated heterocycles. The van der Waals surface area contributed by atoms with Gasteiger partial charge in [-0.15, -0.1) is 0 Å². The summed E-state index contributed by atoms with van der Waals surface area (Å²) in [6.45, 7) is 0.483. The third-order valence-electron chi connectivity index (χ3n) is 4.57. The second kappa shape index (κ2) is 5.79. The Balaban J connectivity index is 1.96. The van der Waals surface area contributed by atoms with Gasteiger partial charge in [-0.05, 0) is 29.8 Å². The number of azide groups is 1. The smallest absolute Gasteiger partial charge is 0.123 e. The average Bonchev–Trinajstić information content (AvgIpc) is 2.91. The van der Waals surface area contributed by atoms with Gasteiger partial charge in [0.25, 0.3) is 0 Å². The van der Waals surface area contributed by atoms with Crippen LogP contribution in [0.3, 0.4) is 0 Å². The molecule has 1 fully saturated rings. The maximum Gasteiger partial charge on any atom is 0.123 e. The van der Waals surface area contributed by atoms with Gasteiger partial charge in [0, 0.05) is 26.7 Å². The summed E-state index contributed by atoms with van der Waals surface area (Å²) in [4.78, 5) is 2.79. The van der Waals surface area contributed by atoms with Crippen LogP contribution in [0.15, 0.2) is 47.6 Å². The fraction of sp³-hybridized carbons (Fsp3) is 0.294. The van der Waals surface area contributed by atoms with Gasteiger partial charge in [0.15, 0.2) is 0 Å². The lowest BCUT2D eigenvalue weighted by molar-refractivity contribution is -0.0413. The van der Waals surface area contributed by atoms with Crippen molar-refractivity contribution in [2.75, 3.05) is 13.2 Å². The molecule has 1 aliphatic heterocycles. The highest BCUT2D eigenvalue weighted by Gasteiger charge is 2.34. The Hall–Kier alpha value is -2.60. The maximum atomic E-state index is 13.7. The minimum absolute atomic E-state index is 0.188. The van der Waals surface area contributed by atoms with Crippen LogP contribution in [0.4, 0.5) is 4.39 Å². The molecular formula is C17H15FN4O2. The number of aliphatic hydroxyl groups is 1. The molecule has 3 atom stereocenters. The SMILES string of the molecule is [N-]=[N+]=N[C@@H]1COC[C@H](n2c3ccccc3c3cc(F)ccc32)[C@H]1O. The van der Waals surface area contributed by atoms with Gasteiger partial charge in [0.05, 0.1) is 31.4 Å². The van der Waals surface area contributed by atoms with Gasteiger partial charge < -0.3 is 14.4 Å². The van der Waals surface area contributed by atoms with Gasteiger partial charge in [0.2, 0.25) is 0 Å². The molecule has 24 heavy (non-hydrogen) atoms. The van der Waals surface area contributed by atoms with Crippen LogP contribution in [0.5, 0.6) is 0 Å². The third kappa shape index (κ3) is 2.22. The number of ether oxygens (including phenoxy) is 1. The van der Waals surface area contributed by atoms with E-state index in [-0.39, 0.29) is 12.4 Å². The molecule has 0 aliphatic carbocycles. The zero-order chi connectivity index (χ0) is 16.7. The van der Waals surface area contributed by atoms with Crippen LogP contribution in [0.25, 0.3) is 32.2 Å². The fourth-order valence-electron chi connectivity index (χ4n) is 3.49. The monoisotopic (exact) mass is 326 g/mol. The normalized spacial score (nSPS) is 24.2. The van der Waals surface area contributed by atoms with Crippen molar-refractivity contribution in [3.63, 3.8) is 0 Å². The molecule has 0 saturated carbocycles. The molecule has 122 valence electrons. The highest BCUT2D eigenvalue weighted by Crippen LogP contribution is 2.35. The number of hydrogen-bond acceptors (Lipinski definition) is 3. The largest absolute Gasteiger partial charge is 0.390 e. The van der Waals surface area contributed by atoms with E-state index in [0.717, 1.165) is 21.8 Å². The van der Waals surface area contributed by atoms with E-state index in [9.17, 15) is 9.50 Å². The molecule has 0 spiro atoms. The van der Waals surface area contributed by atoms with Crippen LogP contribution in [0.1, 0.15) is 6.04 Å². The molecule has 1 aliphatic rings. The Morgan fingerprint density at radius 3 is 2.79 bits per heavy atom. The molecule has 0 radical (unpaired) electrons. The van der Waals surface area contributed by atoms with Gasteiger partial charge in [0.1, 0.15) is 5.82 Å². The molecule has 4 rings (SSSR count). The van der Waals surface area contributed by atoms with Gasteiger partial charge in [-0.25, -0.2) is 4.39 Å². The van der Waals surface area contributed by atoms with Crippen molar-refractivity contribution in [3.8, 4) is 0 Å². The van der Waals surface area contributed by atoms with Crippen LogP contribution in [0, 0.1) is 5.82 Å². The molecule has 3 aromatic rings. The van der Waals surface area contributed by atoms with E-state index < -0.39 is 18.2 Å². The standard InChI is InChI=1S/C17H15FN4O2/c18-10-5-6-15-12(7-10)11-3-1-2-4-14(11)22(15)16-9-24-8-13(17(16)23)20-21-19/h1-7,13,16-17,23H,8-9H2/t13-,16+,17+/m1/s1. The summed E-state index contributed by atoms with van der Waals surface area (Å²) in [5, 5.41) is 16.0. The van der Waals surface area contributed by atoms with Crippen molar-refractivity contribution in [1.82, 2.24) is 4.57 Å². The molecule has 1 aromatic heterocycles. The lowest BCUT2D eigenvalue weighted by Gasteiger charge is -2.34. The summed E-state index contributed by atoms with van der Waals surface area (Å²) in [6, 6.07) is 11.2. The fourth-order valence-corrected chi connectivity index (χ4v) is 3.49. The van der Waals surface area contributed by atoms with Crippen molar-refractivity contribution >= 4 is 21.8 Å². The third-order valence-corrected chi connectivity index (χ3v) is 4.57. The highest BCUT2D eigenvalue weighted by molar-refractivity contribution is 6.08. The first-order valence-electron chi connectivity index (χ1n) is 7.69. The number of fused-ring (bicyclic) bond motifs is 3. The van der Waals surface area contributed by atoms with Crippen LogP contribution < -0.4 is 0 Å². The topological polar surface area (TPSA) is 83.2 Å². The molecule has 2 heterocycles. The maximum absolute atomic E-state index is 13.7. The summed E-state index contributed by atoms with van der Waals surface area (Å²) >= 11 is 0. The predicted octanol–water partition coefficient (Wildman–Crippen LogP) is 3.54. The quantitative estimate of drug-likeness (QED) is 0.444. The summed E-state index contributed by atoms with van der Waals surface area (Å²) in [6.07, 6.45) is -0.876. The van der Waals surface area contributed by atoms with Gasteiger partial charge >= 0.3 is 0 Å². The van der Waals surface area contributed by atoms with E-state index in [0.29, 0.717) is 6.61 Å². The van der Waals surface area contributed by atoms with Gasteiger partial charge in [-0.3, -0.25) is 0 Å². The number of benzene rings is 2. The van der Waals surface area contributed by atoms with E-state index >= 15 is 0 Å². The molecule has 6 nitrogen and oxygen atoms in total. The molecular weight excluding hydrogens is 311 g/mol. The Morgan fingerprint density at radius 2 is 1.96 bits per heavy atom. The molecule has 0 unspecified atom stereocenters. The summed E-state index contributed by atoms with van der Waals surface area (Å²) in [5.74, 6) is -0.308. The van der Waals surface area contributed by atoms with Crippen LogP contribution in [0.2, 0.25) is 0 Å². The van der Waals surface area contributed by atoms with Crippen molar-refractivity contribution in [1.29, 1.82) is 0 Å². The minimum Gasteiger partial charge on any atom is -0.390 e. The predicted molar refractivity (Wildman–Crippen MR) is 88.2 cm³/mol. The van der Waals surface area contributed by atoms with E-state index in [2.05, 4.69) is 10.0 Å². The Morgan fingerprint density at radius 1 is 1.17 bits per heavy atom. The van der Waals surface area contributed by atoms with E-state index in [1.807, 2.05) is 28.8 Å². The first-order valence-corrected chi connectivity index (χ1v) is 7.69. The number of nitrogens with zero attached hydrogens (tertiary/aromatic N) is 4. The number of aromatic nitrogens is 1. The number of aliphatic hydroxyl groups excluding tert-OH is 1. The second-order valence-electron chi connectivity index (χ2n) is 5.92. The number of halogens is 1. The van der Waals surface area contributed by atoms with Crippen molar-refractivity contribution in [3.05, 3.63) is 58.7 Å². The van der Waals surface area contributed by atoms with Gasteiger partial charge in [-0.1, -0.05) is 23.3 Å². The Kier molecular flexibility index (Phi) is 3.61. The molecule has 0 amide bonds. The lowest BCUT2D eigenvalue weighted by atomic mass is 10.0. The number of para-hydroxylation sites is 1. The minimum atomic E-state index is -0.876. The Labute approximate surface area is 136 Å². The average molecular weight is 326 g/mol. The van der Waals surface area contributed by atoms with E-state index in [1.165, 1.54) is 12.1 Å². The van der Waals surface area contributed by atoms with E-state index in [1.54, 1.807) is 6.07 Å². The second-order valence-corrected chi connectivity index (χ2v) is 5.92. The van der Waals surface area contributed by atoms with Crippen LogP contribution in [-0.4, -0.2) is 35.0 Å². The first-order chi connectivity index (χ1) is 11.7. The van der Waals surface area contributed by atoms with Gasteiger partial charge in [-0.2, -0.15) is 0 Å². The van der Waals surface area contributed by atoms with Crippen molar-refractivity contribution in [2.24, 2.45) is 5.11 Å². The van der Waals surface area contributed by atoms with Crippen molar-refractivity contribution < 1.29 is 14.2 Å². The number of rotatable bonds is 2.